The van der Waals surface area contributed by atoms with E-state index in [1.165, 1.54) is 21.9 Å². The molecule has 0 aliphatic heterocycles. The van der Waals surface area contributed by atoms with Crippen LogP contribution in [0.2, 0.25) is 0 Å². The maximum atomic E-state index is 4.91. The van der Waals surface area contributed by atoms with Gasteiger partial charge >= 0.3 is 0 Å². The SMILES string of the molecule is c1ccc(-c2cc(-c3ccccc3)c3c(n2)[nH]c2ccccc23)cc1. The van der Waals surface area contributed by atoms with E-state index in [4.69, 9.17) is 4.98 Å². The predicted octanol–water partition coefficient (Wildman–Crippen LogP) is 6.05. The summed E-state index contributed by atoms with van der Waals surface area (Å²) in [7, 11) is 0. The van der Waals surface area contributed by atoms with E-state index in [0.717, 1.165) is 22.4 Å². The number of aromatic nitrogens is 2. The quantitative estimate of drug-likeness (QED) is 0.421. The van der Waals surface area contributed by atoms with E-state index in [9.17, 15) is 0 Å². The predicted molar refractivity (Wildman–Crippen MR) is 104 cm³/mol. The third kappa shape index (κ3) is 2.31. The van der Waals surface area contributed by atoms with Crippen LogP contribution in [0.25, 0.3) is 44.3 Å². The van der Waals surface area contributed by atoms with Crippen molar-refractivity contribution in [1.29, 1.82) is 0 Å². The standard InChI is InChI=1S/C23H16N2/c1-3-9-16(10-4-1)19-15-21(17-11-5-2-6-12-17)25-23-22(19)18-13-7-8-14-20(18)24-23/h1-15H,(H,24,25). The average Bonchev–Trinajstić information content (AvgIpc) is 3.07. The highest BCUT2D eigenvalue weighted by Gasteiger charge is 2.14. The zero-order valence-electron chi connectivity index (χ0n) is 13.6. The van der Waals surface area contributed by atoms with Gasteiger partial charge in [0.2, 0.25) is 0 Å². The van der Waals surface area contributed by atoms with Gasteiger partial charge in [-0.05, 0) is 23.3 Å². The Morgan fingerprint density at radius 1 is 0.640 bits per heavy atom. The van der Waals surface area contributed by atoms with Gasteiger partial charge in [-0.25, -0.2) is 4.98 Å². The van der Waals surface area contributed by atoms with Crippen LogP contribution in [-0.2, 0) is 0 Å². The summed E-state index contributed by atoms with van der Waals surface area (Å²) in [5, 5.41) is 2.39. The maximum absolute atomic E-state index is 4.91. The average molecular weight is 320 g/mol. The molecule has 0 amide bonds. The smallest absolute Gasteiger partial charge is 0.139 e. The van der Waals surface area contributed by atoms with Gasteiger partial charge in [0.05, 0.1) is 5.69 Å². The first-order valence-corrected chi connectivity index (χ1v) is 8.42. The van der Waals surface area contributed by atoms with Crippen molar-refractivity contribution in [2.24, 2.45) is 0 Å². The first-order valence-electron chi connectivity index (χ1n) is 8.42. The summed E-state index contributed by atoms with van der Waals surface area (Å²) < 4.78 is 0. The fourth-order valence-electron chi connectivity index (χ4n) is 3.45. The molecule has 0 bridgehead atoms. The topological polar surface area (TPSA) is 28.7 Å². The summed E-state index contributed by atoms with van der Waals surface area (Å²) in [4.78, 5) is 8.40. The van der Waals surface area contributed by atoms with Crippen LogP contribution in [0.4, 0.5) is 0 Å². The molecule has 0 radical (unpaired) electrons. The van der Waals surface area contributed by atoms with Crippen molar-refractivity contribution in [3.63, 3.8) is 0 Å². The fraction of sp³-hybridized carbons (Fsp3) is 0. The molecule has 0 saturated heterocycles. The van der Waals surface area contributed by atoms with Crippen molar-refractivity contribution >= 4 is 21.9 Å². The van der Waals surface area contributed by atoms with Crippen molar-refractivity contribution in [2.45, 2.75) is 0 Å². The molecule has 2 heterocycles. The monoisotopic (exact) mass is 320 g/mol. The highest BCUT2D eigenvalue weighted by Crippen LogP contribution is 2.36. The number of para-hydroxylation sites is 1. The number of hydrogen-bond donors (Lipinski definition) is 1. The third-order valence-electron chi connectivity index (χ3n) is 4.62. The Balaban J connectivity index is 1.90. The third-order valence-corrected chi connectivity index (χ3v) is 4.62. The van der Waals surface area contributed by atoms with Crippen LogP contribution in [0.1, 0.15) is 0 Å². The Labute approximate surface area is 145 Å². The Hall–Kier alpha value is -3.39. The zero-order valence-corrected chi connectivity index (χ0v) is 13.6. The molecule has 3 aromatic carbocycles. The van der Waals surface area contributed by atoms with Crippen LogP contribution in [0.15, 0.2) is 91.0 Å². The van der Waals surface area contributed by atoms with Crippen molar-refractivity contribution in [3.05, 3.63) is 91.0 Å². The number of aromatic amines is 1. The van der Waals surface area contributed by atoms with Crippen molar-refractivity contribution in [3.8, 4) is 22.4 Å². The Morgan fingerprint density at radius 2 is 1.28 bits per heavy atom. The van der Waals surface area contributed by atoms with E-state index in [0.29, 0.717) is 0 Å². The molecular formula is C23H16N2. The molecule has 2 heteroatoms. The number of pyridine rings is 1. The van der Waals surface area contributed by atoms with Gasteiger partial charge in [-0.1, -0.05) is 78.9 Å². The summed E-state index contributed by atoms with van der Waals surface area (Å²) in [5.74, 6) is 0. The molecule has 0 aliphatic carbocycles. The lowest BCUT2D eigenvalue weighted by Gasteiger charge is -2.08. The van der Waals surface area contributed by atoms with E-state index in [1.54, 1.807) is 0 Å². The lowest BCUT2D eigenvalue weighted by Crippen LogP contribution is -1.88. The summed E-state index contributed by atoms with van der Waals surface area (Å²) >= 11 is 0. The molecule has 2 nitrogen and oxygen atoms in total. The van der Waals surface area contributed by atoms with Crippen LogP contribution >= 0.6 is 0 Å². The molecule has 0 fully saturated rings. The number of nitrogens with zero attached hydrogens (tertiary/aromatic N) is 1. The molecule has 118 valence electrons. The molecule has 0 aliphatic rings. The van der Waals surface area contributed by atoms with Crippen LogP contribution in [0.5, 0.6) is 0 Å². The van der Waals surface area contributed by atoms with E-state index in [-0.39, 0.29) is 0 Å². The van der Waals surface area contributed by atoms with Gasteiger partial charge in [0.25, 0.3) is 0 Å². The molecule has 0 spiro atoms. The van der Waals surface area contributed by atoms with Gasteiger partial charge in [-0.2, -0.15) is 0 Å². The van der Waals surface area contributed by atoms with Gasteiger partial charge in [0, 0.05) is 21.9 Å². The lowest BCUT2D eigenvalue weighted by molar-refractivity contribution is 1.34. The Kier molecular flexibility index (Phi) is 3.14. The first-order chi connectivity index (χ1) is 12.4. The highest BCUT2D eigenvalue weighted by molar-refractivity contribution is 6.13. The molecule has 1 N–H and O–H groups in total. The van der Waals surface area contributed by atoms with Gasteiger partial charge in [0.1, 0.15) is 5.65 Å². The number of rotatable bonds is 2. The molecule has 5 rings (SSSR count). The molecular weight excluding hydrogens is 304 g/mol. The van der Waals surface area contributed by atoms with E-state index in [2.05, 4.69) is 89.9 Å². The minimum Gasteiger partial charge on any atom is -0.339 e. The van der Waals surface area contributed by atoms with Crippen molar-refractivity contribution in [1.82, 2.24) is 9.97 Å². The van der Waals surface area contributed by atoms with Crippen molar-refractivity contribution in [2.75, 3.05) is 0 Å². The second-order valence-corrected chi connectivity index (χ2v) is 6.18. The number of nitrogens with one attached hydrogen (secondary N) is 1. The first kappa shape index (κ1) is 14.0. The number of hydrogen-bond acceptors (Lipinski definition) is 1. The number of fused-ring (bicyclic) bond motifs is 3. The Bertz CT molecular complexity index is 1170. The second kappa shape index (κ2) is 5.60. The van der Waals surface area contributed by atoms with E-state index < -0.39 is 0 Å². The molecule has 0 atom stereocenters. The minimum atomic E-state index is 0.932. The summed E-state index contributed by atoms with van der Waals surface area (Å²) in [5.41, 5.74) is 6.58. The summed E-state index contributed by atoms with van der Waals surface area (Å²) in [6.07, 6.45) is 0. The van der Waals surface area contributed by atoms with Crippen LogP contribution in [0, 0.1) is 0 Å². The lowest BCUT2D eigenvalue weighted by atomic mass is 9.99. The molecule has 2 aromatic heterocycles. The second-order valence-electron chi connectivity index (χ2n) is 6.18. The fourth-order valence-corrected chi connectivity index (χ4v) is 3.45. The largest absolute Gasteiger partial charge is 0.339 e. The van der Waals surface area contributed by atoms with Gasteiger partial charge < -0.3 is 4.98 Å². The molecule has 5 aromatic rings. The zero-order chi connectivity index (χ0) is 16.6. The van der Waals surface area contributed by atoms with Gasteiger partial charge in [0.15, 0.2) is 0 Å². The normalized spacial score (nSPS) is 11.2. The molecule has 25 heavy (non-hydrogen) atoms. The van der Waals surface area contributed by atoms with Gasteiger partial charge in [-0.15, -0.1) is 0 Å². The Morgan fingerprint density at radius 3 is 2.04 bits per heavy atom. The van der Waals surface area contributed by atoms with Crippen molar-refractivity contribution < 1.29 is 0 Å². The van der Waals surface area contributed by atoms with Crippen LogP contribution < -0.4 is 0 Å². The van der Waals surface area contributed by atoms with Gasteiger partial charge in [-0.3, -0.25) is 0 Å². The number of benzene rings is 3. The number of H-pyrrole nitrogens is 1. The molecule has 0 unspecified atom stereocenters. The highest BCUT2D eigenvalue weighted by atomic mass is 14.9. The summed E-state index contributed by atoms with van der Waals surface area (Å²) in [6, 6.07) is 31.5. The van der Waals surface area contributed by atoms with E-state index >= 15 is 0 Å². The van der Waals surface area contributed by atoms with Crippen LogP contribution in [-0.4, -0.2) is 9.97 Å². The minimum absolute atomic E-state index is 0.932. The molecule has 0 saturated carbocycles. The van der Waals surface area contributed by atoms with Crippen LogP contribution in [0.3, 0.4) is 0 Å². The van der Waals surface area contributed by atoms with E-state index in [1.807, 2.05) is 6.07 Å². The summed E-state index contributed by atoms with van der Waals surface area (Å²) in [6.45, 7) is 0. The maximum Gasteiger partial charge on any atom is 0.139 e.